The zero-order chi connectivity index (χ0) is 23.3. The van der Waals surface area contributed by atoms with Gasteiger partial charge in [0.15, 0.2) is 11.5 Å². The van der Waals surface area contributed by atoms with Crippen LogP contribution in [0, 0.1) is 25.2 Å². The Morgan fingerprint density at radius 1 is 1.22 bits per heavy atom. The maximum atomic E-state index is 12.9. The van der Waals surface area contributed by atoms with Crippen molar-refractivity contribution in [1.82, 2.24) is 9.47 Å². The highest BCUT2D eigenvalue weighted by molar-refractivity contribution is 5.93. The lowest BCUT2D eigenvalue weighted by Crippen LogP contribution is -2.32. The fourth-order valence-electron chi connectivity index (χ4n) is 4.56. The molecule has 2 aromatic rings. The molecule has 32 heavy (non-hydrogen) atoms. The fraction of sp³-hybridized carbons (Fsp3) is 0.520. The largest absolute Gasteiger partial charge is 0.493 e. The third-order valence-corrected chi connectivity index (χ3v) is 6.46. The molecule has 1 amide bonds. The molecule has 0 atom stereocenters. The molecule has 1 N–H and O–H groups in total. The Balaban J connectivity index is 1.64. The Bertz CT molecular complexity index is 1000. The molecule has 1 aromatic heterocycles. The molecule has 7 nitrogen and oxygen atoms in total. The van der Waals surface area contributed by atoms with E-state index < -0.39 is 0 Å². The molecule has 1 heterocycles. The maximum absolute atomic E-state index is 12.9. The van der Waals surface area contributed by atoms with Crippen molar-refractivity contribution in [3.8, 4) is 17.6 Å². The molecule has 1 saturated carbocycles. The van der Waals surface area contributed by atoms with Crippen LogP contribution < -0.4 is 14.8 Å². The molecule has 1 aromatic carbocycles. The number of amides is 1. The van der Waals surface area contributed by atoms with Crippen LogP contribution in [-0.4, -0.2) is 49.7 Å². The molecular formula is C25H34N4O3. The number of anilines is 1. The molecule has 1 fully saturated rings. The fourth-order valence-corrected chi connectivity index (χ4v) is 4.56. The van der Waals surface area contributed by atoms with Gasteiger partial charge in [-0.3, -0.25) is 9.69 Å². The smallest absolute Gasteiger partial charge is 0.239 e. The van der Waals surface area contributed by atoms with Crippen molar-refractivity contribution in [3.05, 3.63) is 40.6 Å². The summed E-state index contributed by atoms with van der Waals surface area (Å²) in [6.45, 7) is 4.98. The van der Waals surface area contributed by atoms with Gasteiger partial charge >= 0.3 is 0 Å². The number of rotatable bonds is 9. The summed E-state index contributed by atoms with van der Waals surface area (Å²) in [7, 11) is 5.17. The summed E-state index contributed by atoms with van der Waals surface area (Å²) < 4.78 is 12.8. The molecule has 1 aliphatic carbocycles. The number of nitrogens with zero attached hydrogens (tertiary/aromatic N) is 3. The number of hydrogen-bond donors (Lipinski definition) is 1. The Kier molecular flexibility index (Phi) is 7.81. The van der Waals surface area contributed by atoms with Crippen molar-refractivity contribution >= 4 is 11.7 Å². The van der Waals surface area contributed by atoms with Crippen LogP contribution in [0.2, 0.25) is 0 Å². The van der Waals surface area contributed by atoms with Crippen LogP contribution in [0.5, 0.6) is 11.5 Å². The molecule has 0 saturated heterocycles. The third-order valence-electron chi connectivity index (χ3n) is 6.46. The highest BCUT2D eigenvalue weighted by Gasteiger charge is 2.26. The van der Waals surface area contributed by atoms with Crippen LogP contribution in [0.1, 0.15) is 54.1 Å². The summed E-state index contributed by atoms with van der Waals surface area (Å²) in [6, 6.07) is 8.53. The minimum atomic E-state index is -0.104. The first-order valence-electron chi connectivity index (χ1n) is 11.2. The second-order valence-electron chi connectivity index (χ2n) is 8.58. The van der Waals surface area contributed by atoms with Gasteiger partial charge in [0.1, 0.15) is 11.9 Å². The SMILES string of the molecule is COc1ccc(CCN(C)CC(=O)Nc2c(C#N)c(C)c(C)n2C2CCCC2)cc1OC. The number of aromatic nitrogens is 1. The number of nitriles is 1. The van der Waals surface area contributed by atoms with Crippen molar-refractivity contribution in [1.29, 1.82) is 5.26 Å². The Morgan fingerprint density at radius 3 is 2.53 bits per heavy atom. The van der Waals surface area contributed by atoms with Crippen molar-refractivity contribution in [2.45, 2.75) is 52.0 Å². The third kappa shape index (κ3) is 5.08. The Hall–Kier alpha value is -2.98. The van der Waals surface area contributed by atoms with Crippen molar-refractivity contribution < 1.29 is 14.3 Å². The zero-order valence-corrected chi connectivity index (χ0v) is 19.8. The van der Waals surface area contributed by atoms with Gasteiger partial charge in [-0.05, 0) is 63.4 Å². The average molecular weight is 439 g/mol. The van der Waals surface area contributed by atoms with Gasteiger partial charge in [0.25, 0.3) is 0 Å². The predicted molar refractivity (Wildman–Crippen MR) is 126 cm³/mol. The first-order chi connectivity index (χ1) is 15.4. The normalized spacial score (nSPS) is 13.9. The van der Waals surface area contributed by atoms with E-state index >= 15 is 0 Å². The van der Waals surface area contributed by atoms with Gasteiger partial charge in [0, 0.05) is 18.3 Å². The summed E-state index contributed by atoms with van der Waals surface area (Å²) in [5, 5.41) is 12.8. The van der Waals surface area contributed by atoms with E-state index in [-0.39, 0.29) is 12.5 Å². The topological polar surface area (TPSA) is 79.5 Å². The minimum Gasteiger partial charge on any atom is -0.493 e. The number of ether oxygens (including phenoxy) is 2. The van der Waals surface area contributed by atoms with E-state index in [9.17, 15) is 10.1 Å². The number of likely N-dealkylation sites (N-methyl/N-ethyl adjacent to an activating group) is 1. The van der Waals surface area contributed by atoms with Gasteiger partial charge < -0.3 is 19.4 Å². The van der Waals surface area contributed by atoms with Gasteiger partial charge in [-0.25, -0.2) is 0 Å². The molecule has 0 unspecified atom stereocenters. The van der Waals surface area contributed by atoms with Gasteiger partial charge in [0.2, 0.25) is 5.91 Å². The standard InChI is InChI=1S/C25H34N4O3/c1-17-18(2)29(20-8-6-7-9-20)25(21(17)15-26)27-24(30)16-28(3)13-12-19-10-11-22(31-4)23(14-19)32-5/h10-11,14,20H,6-9,12-13,16H2,1-5H3,(H,27,30). The lowest BCUT2D eigenvalue weighted by Gasteiger charge is -2.21. The van der Waals surface area contributed by atoms with Crippen LogP contribution in [0.4, 0.5) is 5.82 Å². The number of benzene rings is 1. The predicted octanol–water partition coefficient (Wildman–Crippen LogP) is 4.22. The maximum Gasteiger partial charge on any atom is 0.239 e. The summed E-state index contributed by atoms with van der Waals surface area (Å²) >= 11 is 0. The molecule has 0 radical (unpaired) electrons. The van der Waals surface area contributed by atoms with E-state index in [1.165, 1.54) is 12.8 Å². The lowest BCUT2D eigenvalue weighted by atomic mass is 10.1. The molecule has 0 spiro atoms. The van der Waals surface area contributed by atoms with E-state index in [1.54, 1.807) is 14.2 Å². The monoisotopic (exact) mass is 438 g/mol. The number of carbonyl (C=O) groups excluding carboxylic acids is 1. The van der Waals surface area contributed by atoms with Crippen LogP contribution in [-0.2, 0) is 11.2 Å². The Labute approximate surface area is 190 Å². The second-order valence-corrected chi connectivity index (χ2v) is 8.58. The number of carbonyl (C=O) groups is 1. The summed E-state index contributed by atoms with van der Waals surface area (Å²) in [5.41, 5.74) is 3.72. The second kappa shape index (κ2) is 10.6. The molecular weight excluding hydrogens is 404 g/mol. The van der Waals surface area contributed by atoms with E-state index in [4.69, 9.17) is 9.47 Å². The molecule has 7 heteroatoms. The number of nitrogens with one attached hydrogen (secondary N) is 1. The van der Waals surface area contributed by atoms with Crippen LogP contribution in [0.25, 0.3) is 0 Å². The highest BCUT2D eigenvalue weighted by Crippen LogP contribution is 2.37. The van der Waals surface area contributed by atoms with Crippen molar-refractivity contribution in [2.24, 2.45) is 0 Å². The molecule has 1 aliphatic rings. The minimum absolute atomic E-state index is 0.104. The van der Waals surface area contributed by atoms with Gasteiger partial charge in [-0.1, -0.05) is 18.9 Å². The quantitative estimate of drug-likeness (QED) is 0.634. The molecule has 0 bridgehead atoms. The first-order valence-corrected chi connectivity index (χ1v) is 11.2. The first kappa shape index (κ1) is 23.7. The lowest BCUT2D eigenvalue weighted by molar-refractivity contribution is -0.117. The van der Waals surface area contributed by atoms with Crippen molar-refractivity contribution in [3.63, 3.8) is 0 Å². The van der Waals surface area contributed by atoms with Crippen molar-refractivity contribution in [2.75, 3.05) is 39.7 Å². The molecule has 0 aliphatic heterocycles. The zero-order valence-electron chi connectivity index (χ0n) is 19.8. The average Bonchev–Trinajstić information content (AvgIpc) is 3.38. The summed E-state index contributed by atoms with van der Waals surface area (Å²) in [5.74, 6) is 1.96. The number of methoxy groups -OCH3 is 2. The van der Waals surface area contributed by atoms with Gasteiger partial charge in [0.05, 0.1) is 26.3 Å². The van der Waals surface area contributed by atoms with Crippen LogP contribution in [0.15, 0.2) is 18.2 Å². The Morgan fingerprint density at radius 2 is 1.91 bits per heavy atom. The molecule has 172 valence electrons. The highest BCUT2D eigenvalue weighted by atomic mass is 16.5. The van der Waals surface area contributed by atoms with E-state index in [0.717, 1.165) is 42.6 Å². The summed E-state index contributed by atoms with van der Waals surface area (Å²) in [4.78, 5) is 14.8. The van der Waals surface area contributed by atoms with Crippen LogP contribution in [0.3, 0.4) is 0 Å². The van der Waals surface area contributed by atoms with Gasteiger partial charge in [-0.2, -0.15) is 5.26 Å². The molecule has 3 rings (SSSR count). The van der Waals surface area contributed by atoms with E-state index in [1.807, 2.05) is 44.0 Å². The number of hydrogen-bond acceptors (Lipinski definition) is 5. The van der Waals surface area contributed by atoms with Gasteiger partial charge in [-0.15, -0.1) is 0 Å². The van der Waals surface area contributed by atoms with E-state index in [0.29, 0.717) is 28.9 Å². The van der Waals surface area contributed by atoms with E-state index in [2.05, 4.69) is 16.0 Å². The summed E-state index contributed by atoms with van der Waals surface area (Å²) in [6.07, 6.45) is 5.34. The van der Waals surface area contributed by atoms with Crippen LogP contribution >= 0.6 is 0 Å².